The minimum Gasteiger partial charge on any atom is -0.341 e. The van der Waals surface area contributed by atoms with Gasteiger partial charge in [0.1, 0.15) is 17.2 Å². The number of benzene rings is 1. The number of aromatic nitrogens is 3. The lowest BCUT2D eigenvalue weighted by molar-refractivity contribution is 0.300. The molecule has 5 heteroatoms. The van der Waals surface area contributed by atoms with E-state index in [0.29, 0.717) is 11.9 Å². The fraction of sp³-hybridized carbons (Fsp3) is 0.167. The van der Waals surface area contributed by atoms with Gasteiger partial charge in [-0.3, -0.25) is 0 Å². The molecule has 0 aliphatic rings. The normalized spacial score (nSPS) is 11.2. The van der Waals surface area contributed by atoms with E-state index >= 15 is 0 Å². The largest absolute Gasteiger partial charge is 0.341 e. The fourth-order valence-electron chi connectivity index (χ4n) is 1.88. The van der Waals surface area contributed by atoms with Crippen LogP contribution in [0.3, 0.4) is 0 Å². The first-order chi connectivity index (χ1) is 8.25. The summed E-state index contributed by atoms with van der Waals surface area (Å²) in [5, 5.41) is 8.15. The van der Waals surface area contributed by atoms with Gasteiger partial charge >= 0.3 is 0 Å². The predicted molar refractivity (Wildman–Crippen MR) is 60.0 cm³/mol. The van der Waals surface area contributed by atoms with Gasteiger partial charge in [0.2, 0.25) is 0 Å². The van der Waals surface area contributed by atoms with Crippen LogP contribution in [0.15, 0.2) is 35.1 Å². The summed E-state index contributed by atoms with van der Waals surface area (Å²) < 4.78 is 20.1. The summed E-state index contributed by atoms with van der Waals surface area (Å²) in [6, 6.07) is 6.78. The molecule has 3 rings (SSSR count). The number of rotatable bonds is 2. The third-order valence-corrected chi connectivity index (χ3v) is 2.83. The Bertz CT molecular complexity index is 671. The highest BCUT2D eigenvalue weighted by Crippen LogP contribution is 2.20. The van der Waals surface area contributed by atoms with Crippen molar-refractivity contribution in [3.63, 3.8) is 0 Å². The molecule has 1 aromatic carbocycles. The predicted octanol–water partition coefficient (Wildman–Crippen LogP) is 2.52. The Morgan fingerprint density at radius 1 is 1.29 bits per heavy atom. The average Bonchev–Trinajstić information content (AvgIpc) is 2.89. The highest BCUT2D eigenvalue weighted by atomic mass is 19.1. The van der Waals surface area contributed by atoms with Crippen molar-refractivity contribution in [2.75, 3.05) is 0 Å². The van der Waals surface area contributed by atoms with Crippen molar-refractivity contribution in [2.24, 2.45) is 0 Å². The van der Waals surface area contributed by atoms with E-state index in [-0.39, 0.29) is 5.82 Å². The van der Waals surface area contributed by atoms with Crippen LogP contribution in [0.1, 0.15) is 11.4 Å². The zero-order valence-electron chi connectivity index (χ0n) is 9.22. The topological polar surface area (TPSA) is 43.9 Å². The second-order valence-corrected chi connectivity index (χ2v) is 3.91. The molecule has 0 saturated heterocycles. The third-order valence-electron chi connectivity index (χ3n) is 2.83. The van der Waals surface area contributed by atoms with Gasteiger partial charge in [-0.2, -0.15) is 0 Å². The van der Waals surface area contributed by atoms with Gasteiger partial charge < -0.3 is 4.57 Å². The molecule has 0 aliphatic carbocycles. The molecule has 2 heterocycles. The van der Waals surface area contributed by atoms with Crippen LogP contribution in [0.5, 0.6) is 0 Å². The molecule has 17 heavy (non-hydrogen) atoms. The summed E-state index contributed by atoms with van der Waals surface area (Å²) in [5.74, 6) is -0.212. The first kappa shape index (κ1) is 10.0. The van der Waals surface area contributed by atoms with Gasteiger partial charge in [0.05, 0.1) is 12.1 Å². The minimum atomic E-state index is -0.212. The third kappa shape index (κ3) is 1.60. The molecule has 4 nitrogen and oxygen atoms in total. The maximum atomic E-state index is 13.5. The second kappa shape index (κ2) is 3.69. The van der Waals surface area contributed by atoms with Crippen molar-refractivity contribution in [1.29, 1.82) is 0 Å². The molecule has 0 unspecified atom stereocenters. The van der Waals surface area contributed by atoms with Gasteiger partial charge in [-0.25, -0.2) is 9.02 Å². The Morgan fingerprint density at radius 2 is 2.18 bits per heavy atom. The van der Waals surface area contributed by atoms with E-state index in [0.717, 1.165) is 16.9 Å². The summed E-state index contributed by atoms with van der Waals surface area (Å²) in [7, 11) is 0. The molecule has 2 aromatic heterocycles. The number of fused-ring (bicyclic) bond motifs is 1. The van der Waals surface area contributed by atoms with Crippen molar-refractivity contribution in [3.05, 3.63) is 47.7 Å². The molecule has 0 atom stereocenters. The molecule has 0 spiro atoms. The maximum Gasteiger partial charge on any atom is 0.132 e. The van der Waals surface area contributed by atoms with Crippen LogP contribution in [0.4, 0.5) is 4.39 Å². The van der Waals surface area contributed by atoms with Crippen LogP contribution in [0, 0.1) is 12.7 Å². The minimum absolute atomic E-state index is 0.212. The lowest BCUT2D eigenvalue weighted by Crippen LogP contribution is -1.99. The molecule has 3 aromatic rings. The van der Waals surface area contributed by atoms with Crippen molar-refractivity contribution >= 4 is 10.9 Å². The monoisotopic (exact) mass is 231 g/mol. The van der Waals surface area contributed by atoms with Crippen LogP contribution in [-0.2, 0) is 6.54 Å². The van der Waals surface area contributed by atoms with Gasteiger partial charge in [0.15, 0.2) is 0 Å². The highest BCUT2D eigenvalue weighted by molar-refractivity contribution is 5.80. The van der Waals surface area contributed by atoms with Gasteiger partial charge in [-0.05, 0) is 25.1 Å². The molecule has 0 saturated carbocycles. The first-order valence-corrected chi connectivity index (χ1v) is 5.27. The zero-order valence-corrected chi connectivity index (χ0v) is 9.22. The smallest absolute Gasteiger partial charge is 0.132 e. The maximum absolute atomic E-state index is 13.5. The van der Waals surface area contributed by atoms with E-state index in [9.17, 15) is 4.39 Å². The summed E-state index contributed by atoms with van der Waals surface area (Å²) >= 11 is 0. The molecular formula is C12H10FN3O. The van der Waals surface area contributed by atoms with E-state index in [1.807, 2.05) is 23.8 Å². The van der Waals surface area contributed by atoms with Gasteiger partial charge in [0, 0.05) is 11.6 Å². The van der Waals surface area contributed by atoms with Crippen molar-refractivity contribution < 1.29 is 9.02 Å². The standard InChI is InChI=1S/C12H10FN3O/c1-8-11(15-17-14-8)7-16-6-5-9-10(13)3-2-4-12(9)16/h2-6H,7H2,1H3. The van der Waals surface area contributed by atoms with Crippen molar-refractivity contribution in [3.8, 4) is 0 Å². The van der Waals surface area contributed by atoms with E-state index < -0.39 is 0 Å². The van der Waals surface area contributed by atoms with Crippen molar-refractivity contribution in [1.82, 2.24) is 14.9 Å². The summed E-state index contributed by atoms with van der Waals surface area (Å²) in [6.45, 7) is 2.36. The number of halogens is 1. The molecular weight excluding hydrogens is 221 g/mol. The quantitative estimate of drug-likeness (QED) is 0.680. The SMILES string of the molecule is Cc1nonc1Cn1ccc2c(F)cccc21. The van der Waals surface area contributed by atoms with Crippen LogP contribution in [0.25, 0.3) is 10.9 Å². The Morgan fingerprint density at radius 3 is 2.94 bits per heavy atom. The Kier molecular flexibility index (Phi) is 2.18. The average molecular weight is 231 g/mol. The molecule has 0 amide bonds. The van der Waals surface area contributed by atoms with Crippen LogP contribution in [-0.4, -0.2) is 14.9 Å². The van der Waals surface area contributed by atoms with Crippen LogP contribution in [0.2, 0.25) is 0 Å². The lowest BCUT2D eigenvalue weighted by atomic mass is 10.2. The van der Waals surface area contributed by atoms with E-state index in [1.165, 1.54) is 6.07 Å². The van der Waals surface area contributed by atoms with Crippen molar-refractivity contribution in [2.45, 2.75) is 13.5 Å². The molecule has 0 fully saturated rings. The van der Waals surface area contributed by atoms with Gasteiger partial charge in [-0.15, -0.1) is 0 Å². The Hall–Kier alpha value is -2.17. The van der Waals surface area contributed by atoms with Crippen LogP contribution < -0.4 is 0 Å². The fourth-order valence-corrected chi connectivity index (χ4v) is 1.88. The Labute approximate surface area is 96.6 Å². The van der Waals surface area contributed by atoms with E-state index in [2.05, 4.69) is 14.9 Å². The summed E-state index contributed by atoms with van der Waals surface area (Å²) in [4.78, 5) is 0. The van der Waals surface area contributed by atoms with Gasteiger partial charge in [-0.1, -0.05) is 16.4 Å². The highest BCUT2D eigenvalue weighted by Gasteiger charge is 2.09. The van der Waals surface area contributed by atoms with Gasteiger partial charge in [0.25, 0.3) is 0 Å². The first-order valence-electron chi connectivity index (χ1n) is 5.27. The number of nitrogens with zero attached hydrogens (tertiary/aromatic N) is 3. The molecule has 0 bridgehead atoms. The molecule has 86 valence electrons. The second-order valence-electron chi connectivity index (χ2n) is 3.91. The molecule has 0 N–H and O–H groups in total. The van der Waals surface area contributed by atoms with E-state index in [1.54, 1.807) is 12.1 Å². The molecule has 0 aliphatic heterocycles. The summed E-state index contributed by atoms with van der Waals surface area (Å²) in [5.41, 5.74) is 2.35. The number of hydrogen-bond donors (Lipinski definition) is 0. The van der Waals surface area contributed by atoms with Crippen LogP contribution >= 0.6 is 0 Å². The molecule has 0 radical (unpaired) electrons. The summed E-state index contributed by atoms with van der Waals surface area (Å²) in [6.07, 6.45) is 1.84. The van der Waals surface area contributed by atoms with E-state index in [4.69, 9.17) is 0 Å². The Balaban J connectivity index is 2.07. The number of hydrogen-bond acceptors (Lipinski definition) is 3. The number of aryl methyl sites for hydroxylation is 1. The lowest BCUT2D eigenvalue weighted by Gasteiger charge is -2.02. The zero-order chi connectivity index (χ0) is 11.8.